The van der Waals surface area contributed by atoms with Crippen LogP contribution in [0.15, 0.2) is 59.1 Å². The minimum Gasteiger partial charge on any atom is -0.396 e. The summed E-state index contributed by atoms with van der Waals surface area (Å²) >= 11 is 3.54. The van der Waals surface area contributed by atoms with E-state index in [1.54, 1.807) is 0 Å². The van der Waals surface area contributed by atoms with E-state index in [2.05, 4.69) is 34.1 Å². The van der Waals surface area contributed by atoms with Crippen LogP contribution in [-0.4, -0.2) is 11.7 Å². The van der Waals surface area contributed by atoms with Crippen LogP contribution in [0, 0.1) is 0 Å². The van der Waals surface area contributed by atoms with E-state index >= 15 is 0 Å². The van der Waals surface area contributed by atoms with Crippen molar-refractivity contribution < 1.29 is 5.11 Å². The zero-order chi connectivity index (χ0) is 12.1. The molecule has 2 aromatic carbocycles. The zero-order valence-electron chi connectivity index (χ0n) is 9.51. The second-order valence-corrected chi connectivity index (χ2v) is 4.94. The van der Waals surface area contributed by atoms with Gasteiger partial charge in [-0.2, -0.15) is 0 Å². The van der Waals surface area contributed by atoms with Crippen LogP contribution in [0.3, 0.4) is 0 Å². The molecule has 0 saturated heterocycles. The fourth-order valence-electron chi connectivity index (χ4n) is 1.94. The van der Waals surface area contributed by atoms with E-state index < -0.39 is 0 Å². The van der Waals surface area contributed by atoms with Gasteiger partial charge in [-0.05, 0) is 23.6 Å². The largest absolute Gasteiger partial charge is 0.396 e. The summed E-state index contributed by atoms with van der Waals surface area (Å²) in [7, 11) is 0. The number of aliphatic hydroxyl groups excluding tert-OH is 1. The zero-order valence-corrected chi connectivity index (χ0v) is 11.1. The highest BCUT2D eigenvalue weighted by molar-refractivity contribution is 9.10. The van der Waals surface area contributed by atoms with Crippen LogP contribution in [0.4, 0.5) is 0 Å². The van der Waals surface area contributed by atoms with Gasteiger partial charge in [0.25, 0.3) is 0 Å². The van der Waals surface area contributed by atoms with Gasteiger partial charge in [0.15, 0.2) is 0 Å². The van der Waals surface area contributed by atoms with Crippen molar-refractivity contribution in [2.24, 2.45) is 0 Å². The van der Waals surface area contributed by atoms with E-state index in [0.717, 1.165) is 10.9 Å². The summed E-state index contributed by atoms with van der Waals surface area (Å²) in [4.78, 5) is 0. The summed E-state index contributed by atoms with van der Waals surface area (Å²) < 4.78 is 1.11. The van der Waals surface area contributed by atoms with Gasteiger partial charge in [0.05, 0.1) is 6.61 Å². The molecule has 0 aliphatic carbocycles. The van der Waals surface area contributed by atoms with Crippen molar-refractivity contribution in [3.63, 3.8) is 0 Å². The lowest BCUT2D eigenvalue weighted by atomic mass is 9.93. The van der Waals surface area contributed by atoms with Gasteiger partial charge in [-0.3, -0.25) is 0 Å². The standard InChI is InChI=1S/C15H15BrO/c16-15-9-5-4-8-13(15)10-14(11-17)12-6-2-1-3-7-12/h1-9,14,17H,10-11H2. The molecule has 0 fully saturated rings. The summed E-state index contributed by atoms with van der Waals surface area (Å²) in [6.45, 7) is 0.172. The van der Waals surface area contributed by atoms with Crippen molar-refractivity contribution >= 4 is 15.9 Å². The van der Waals surface area contributed by atoms with E-state index in [0.29, 0.717) is 0 Å². The Balaban J connectivity index is 2.19. The first-order chi connectivity index (χ1) is 8.31. The minimum absolute atomic E-state index is 0.162. The second kappa shape index (κ2) is 5.99. The molecule has 2 aromatic rings. The van der Waals surface area contributed by atoms with E-state index in [-0.39, 0.29) is 12.5 Å². The Hall–Kier alpha value is -1.12. The van der Waals surface area contributed by atoms with Crippen LogP contribution in [0.5, 0.6) is 0 Å². The summed E-state index contributed by atoms with van der Waals surface area (Å²) in [5, 5.41) is 9.52. The summed E-state index contributed by atoms with van der Waals surface area (Å²) in [6, 6.07) is 18.3. The van der Waals surface area contributed by atoms with Crippen molar-refractivity contribution in [2.45, 2.75) is 12.3 Å². The molecule has 2 rings (SSSR count). The van der Waals surface area contributed by atoms with Crippen LogP contribution in [0.1, 0.15) is 17.0 Å². The maximum atomic E-state index is 9.52. The quantitative estimate of drug-likeness (QED) is 0.909. The topological polar surface area (TPSA) is 20.2 Å². The molecule has 2 heteroatoms. The van der Waals surface area contributed by atoms with Gasteiger partial charge in [0.2, 0.25) is 0 Å². The number of hydrogen-bond donors (Lipinski definition) is 1. The van der Waals surface area contributed by atoms with Gasteiger partial charge < -0.3 is 5.11 Å². The molecule has 0 amide bonds. The van der Waals surface area contributed by atoms with Gasteiger partial charge in [-0.25, -0.2) is 0 Å². The SMILES string of the molecule is OCC(Cc1ccccc1Br)c1ccccc1. The second-order valence-electron chi connectivity index (χ2n) is 4.09. The lowest BCUT2D eigenvalue weighted by Crippen LogP contribution is -2.08. The average Bonchev–Trinajstić information content (AvgIpc) is 2.39. The van der Waals surface area contributed by atoms with Crippen molar-refractivity contribution in [3.8, 4) is 0 Å². The van der Waals surface area contributed by atoms with E-state index in [4.69, 9.17) is 0 Å². The number of aliphatic hydroxyl groups is 1. The van der Waals surface area contributed by atoms with E-state index in [9.17, 15) is 5.11 Å². The van der Waals surface area contributed by atoms with Crippen molar-refractivity contribution in [1.82, 2.24) is 0 Å². The Bertz CT molecular complexity index is 467. The maximum Gasteiger partial charge on any atom is 0.0502 e. The third-order valence-electron chi connectivity index (χ3n) is 2.92. The van der Waals surface area contributed by atoms with E-state index in [1.807, 2.05) is 36.4 Å². The molecule has 0 bridgehead atoms. The molecule has 0 heterocycles. The Labute approximate surface area is 110 Å². The first-order valence-corrected chi connectivity index (χ1v) is 6.49. The van der Waals surface area contributed by atoms with Gasteiger partial charge in [0, 0.05) is 10.4 Å². The molecule has 0 saturated carbocycles. The third-order valence-corrected chi connectivity index (χ3v) is 3.69. The number of benzene rings is 2. The lowest BCUT2D eigenvalue weighted by Gasteiger charge is -2.15. The van der Waals surface area contributed by atoms with Crippen molar-refractivity contribution in [1.29, 1.82) is 0 Å². The van der Waals surface area contributed by atoms with Crippen molar-refractivity contribution in [2.75, 3.05) is 6.61 Å². The van der Waals surface area contributed by atoms with Crippen LogP contribution in [0.25, 0.3) is 0 Å². The minimum atomic E-state index is 0.162. The molecule has 0 aliphatic rings. The third kappa shape index (κ3) is 3.18. The summed E-state index contributed by atoms with van der Waals surface area (Å²) in [5.74, 6) is 0.162. The van der Waals surface area contributed by atoms with Crippen LogP contribution in [0.2, 0.25) is 0 Å². The smallest absolute Gasteiger partial charge is 0.0502 e. The molecular weight excluding hydrogens is 276 g/mol. The molecule has 0 spiro atoms. The van der Waals surface area contributed by atoms with Gasteiger partial charge >= 0.3 is 0 Å². The highest BCUT2D eigenvalue weighted by Crippen LogP contribution is 2.24. The monoisotopic (exact) mass is 290 g/mol. The number of rotatable bonds is 4. The molecule has 1 nitrogen and oxygen atoms in total. The molecule has 17 heavy (non-hydrogen) atoms. The predicted molar refractivity (Wildman–Crippen MR) is 74.1 cm³/mol. The molecule has 0 aromatic heterocycles. The first-order valence-electron chi connectivity index (χ1n) is 5.70. The predicted octanol–water partition coefficient (Wildman–Crippen LogP) is 3.77. The first kappa shape index (κ1) is 12.3. The number of halogens is 1. The molecule has 1 unspecified atom stereocenters. The average molecular weight is 291 g/mol. The van der Waals surface area contributed by atoms with Gasteiger partial charge in [-0.1, -0.05) is 64.5 Å². The summed E-state index contributed by atoms with van der Waals surface area (Å²) in [5.41, 5.74) is 2.42. The Morgan fingerprint density at radius 1 is 0.941 bits per heavy atom. The van der Waals surface area contributed by atoms with Crippen LogP contribution >= 0.6 is 15.9 Å². The molecule has 1 N–H and O–H groups in total. The molecule has 88 valence electrons. The lowest BCUT2D eigenvalue weighted by molar-refractivity contribution is 0.264. The van der Waals surface area contributed by atoms with Gasteiger partial charge in [-0.15, -0.1) is 0 Å². The Morgan fingerprint density at radius 2 is 1.59 bits per heavy atom. The highest BCUT2D eigenvalue weighted by Gasteiger charge is 2.12. The Morgan fingerprint density at radius 3 is 2.24 bits per heavy atom. The molecular formula is C15H15BrO. The van der Waals surface area contributed by atoms with Gasteiger partial charge in [0.1, 0.15) is 0 Å². The molecule has 1 atom stereocenters. The van der Waals surface area contributed by atoms with Crippen molar-refractivity contribution in [3.05, 3.63) is 70.2 Å². The number of hydrogen-bond acceptors (Lipinski definition) is 1. The maximum absolute atomic E-state index is 9.52. The normalized spacial score (nSPS) is 12.4. The summed E-state index contributed by atoms with van der Waals surface area (Å²) in [6.07, 6.45) is 0.849. The fraction of sp³-hybridized carbons (Fsp3) is 0.200. The fourth-order valence-corrected chi connectivity index (χ4v) is 2.39. The molecule has 0 aliphatic heterocycles. The van der Waals surface area contributed by atoms with E-state index in [1.165, 1.54) is 11.1 Å². The Kier molecular flexibility index (Phi) is 4.35. The van der Waals surface area contributed by atoms with Crippen LogP contribution in [-0.2, 0) is 6.42 Å². The highest BCUT2D eigenvalue weighted by atomic mass is 79.9. The van der Waals surface area contributed by atoms with Crippen LogP contribution < -0.4 is 0 Å². The molecule has 0 radical (unpaired) electrons.